The number of fused-ring (bicyclic) bond motifs is 2. The van der Waals surface area contributed by atoms with E-state index in [1.54, 1.807) is 6.20 Å². The maximum Gasteiger partial charge on any atom is 0.255 e. The van der Waals surface area contributed by atoms with Crippen LogP contribution in [0.1, 0.15) is 54.6 Å². The van der Waals surface area contributed by atoms with Gasteiger partial charge >= 0.3 is 0 Å². The van der Waals surface area contributed by atoms with Gasteiger partial charge in [0.2, 0.25) is 0 Å². The molecule has 1 saturated carbocycles. The highest BCUT2D eigenvalue weighted by molar-refractivity contribution is 5.97. The molecule has 116 valence electrons. The van der Waals surface area contributed by atoms with Crippen LogP contribution in [0.5, 0.6) is 0 Å². The Balaban J connectivity index is 1.65. The van der Waals surface area contributed by atoms with Gasteiger partial charge < -0.3 is 4.90 Å². The number of aromatic nitrogens is 3. The zero-order chi connectivity index (χ0) is 15.1. The van der Waals surface area contributed by atoms with Crippen molar-refractivity contribution >= 4 is 16.9 Å². The second-order valence-electron chi connectivity index (χ2n) is 6.70. The van der Waals surface area contributed by atoms with E-state index in [9.17, 15) is 4.79 Å². The summed E-state index contributed by atoms with van der Waals surface area (Å²) in [5.74, 6) is 0.852. The highest BCUT2D eigenvalue weighted by atomic mass is 16.2. The van der Waals surface area contributed by atoms with Crippen LogP contribution in [0.25, 0.3) is 11.0 Å². The van der Waals surface area contributed by atoms with E-state index in [4.69, 9.17) is 0 Å². The molecule has 2 atom stereocenters. The average Bonchev–Trinajstić information content (AvgIpc) is 2.94. The molecule has 1 aliphatic heterocycles. The summed E-state index contributed by atoms with van der Waals surface area (Å²) in [5, 5.41) is 8.01. The number of hydrogen-bond donors (Lipinski definition) is 1. The Morgan fingerprint density at radius 2 is 2.09 bits per heavy atom. The fourth-order valence-corrected chi connectivity index (χ4v) is 4.18. The van der Waals surface area contributed by atoms with Crippen LogP contribution in [0.3, 0.4) is 0 Å². The van der Waals surface area contributed by atoms with Gasteiger partial charge in [-0.2, -0.15) is 5.10 Å². The third-order valence-corrected chi connectivity index (χ3v) is 5.35. The smallest absolute Gasteiger partial charge is 0.255 e. The number of hydrogen-bond acceptors (Lipinski definition) is 3. The van der Waals surface area contributed by atoms with Crippen molar-refractivity contribution in [2.45, 2.75) is 51.5 Å². The SMILES string of the molecule is Cc1[nH]nc2ncc(C(=O)N3CCC[C@@H]4CCCC[C@@H]43)cc12. The summed E-state index contributed by atoms with van der Waals surface area (Å²) in [4.78, 5) is 19.4. The average molecular weight is 298 g/mol. The number of amides is 1. The Kier molecular flexibility index (Phi) is 3.36. The van der Waals surface area contributed by atoms with Crippen molar-refractivity contribution in [1.82, 2.24) is 20.1 Å². The summed E-state index contributed by atoms with van der Waals surface area (Å²) in [7, 11) is 0. The molecular weight excluding hydrogens is 276 g/mol. The number of carbonyl (C=O) groups excluding carboxylic acids is 1. The minimum absolute atomic E-state index is 0.145. The molecule has 1 N–H and O–H groups in total. The molecule has 0 unspecified atom stereocenters. The third-order valence-electron chi connectivity index (χ3n) is 5.35. The second kappa shape index (κ2) is 5.38. The first-order valence-corrected chi connectivity index (χ1v) is 8.36. The number of aryl methyl sites for hydroxylation is 1. The van der Waals surface area contributed by atoms with E-state index in [2.05, 4.69) is 20.1 Å². The lowest BCUT2D eigenvalue weighted by molar-refractivity contribution is 0.0390. The Labute approximate surface area is 130 Å². The normalized spacial score (nSPS) is 25.2. The van der Waals surface area contributed by atoms with E-state index in [0.717, 1.165) is 30.5 Å². The van der Waals surface area contributed by atoms with E-state index < -0.39 is 0 Å². The Morgan fingerprint density at radius 3 is 3.00 bits per heavy atom. The number of nitrogens with zero attached hydrogens (tertiary/aromatic N) is 3. The largest absolute Gasteiger partial charge is 0.335 e. The van der Waals surface area contributed by atoms with Gasteiger partial charge in [0.25, 0.3) is 5.91 Å². The van der Waals surface area contributed by atoms with Crippen LogP contribution in [0, 0.1) is 12.8 Å². The van der Waals surface area contributed by atoms with Crippen LogP contribution in [0.15, 0.2) is 12.3 Å². The van der Waals surface area contributed by atoms with Gasteiger partial charge in [0, 0.05) is 29.9 Å². The van der Waals surface area contributed by atoms with Crippen molar-refractivity contribution in [3.63, 3.8) is 0 Å². The summed E-state index contributed by atoms with van der Waals surface area (Å²) in [6, 6.07) is 2.38. The van der Waals surface area contributed by atoms with Gasteiger partial charge in [0.1, 0.15) is 0 Å². The molecule has 2 aromatic heterocycles. The number of piperidine rings is 1. The highest BCUT2D eigenvalue weighted by Crippen LogP contribution is 2.36. The first kappa shape index (κ1) is 13.7. The van der Waals surface area contributed by atoms with Crippen LogP contribution in [-0.4, -0.2) is 38.6 Å². The predicted molar refractivity (Wildman–Crippen MR) is 84.6 cm³/mol. The summed E-state index contributed by atoms with van der Waals surface area (Å²) >= 11 is 0. The predicted octanol–water partition coefficient (Wildman–Crippen LogP) is 3.06. The number of nitrogens with one attached hydrogen (secondary N) is 1. The number of aromatic amines is 1. The van der Waals surface area contributed by atoms with Crippen molar-refractivity contribution in [1.29, 1.82) is 0 Å². The van der Waals surface area contributed by atoms with E-state index in [1.807, 2.05) is 13.0 Å². The van der Waals surface area contributed by atoms with Crippen molar-refractivity contribution in [3.05, 3.63) is 23.5 Å². The molecule has 1 aliphatic carbocycles. The van der Waals surface area contributed by atoms with E-state index in [1.165, 1.54) is 25.7 Å². The summed E-state index contributed by atoms with van der Waals surface area (Å²) in [6.07, 6.45) is 9.12. The molecule has 3 heterocycles. The molecule has 2 aliphatic rings. The van der Waals surface area contributed by atoms with Gasteiger partial charge in [0.15, 0.2) is 5.65 Å². The number of rotatable bonds is 1. The second-order valence-corrected chi connectivity index (χ2v) is 6.70. The lowest BCUT2D eigenvalue weighted by atomic mass is 9.78. The van der Waals surface area contributed by atoms with Gasteiger partial charge in [-0.15, -0.1) is 0 Å². The lowest BCUT2D eigenvalue weighted by Gasteiger charge is -2.44. The quantitative estimate of drug-likeness (QED) is 0.880. The molecule has 5 heteroatoms. The van der Waals surface area contributed by atoms with Gasteiger partial charge in [-0.1, -0.05) is 12.8 Å². The number of likely N-dealkylation sites (tertiary alicyclic amines) is 1. The van der Waals surface area contributed by atoms with Crippen LogP contribution in [0.2, 0.25) is 0 Å². The lowest BCUT2D eigenvalue weighted by Crippen LogP contribution is -2.49. The monoisotopic (exact) mass is 298 g/mol. The molecule has 2 fully saturated rings. The first-order valence-electron chi connectivity index (χ1n) is 8.36. The maximum absolute atomic E-state index is 13.0. The van der Waals surface area contributed by atoms with Gasteiger partial charge in [-0.25, -0.2) is 4.98 Å². The minimum atomic E-state index is 0.145. The van der Waals surface area contributed by atoms with Gasteiger partial charge in [0.05, 0.1) is 5.56 Å². The summed E-state index contributed by atoms with van der Waals surface area (Å²) < 4.78 is 0. The topological polar surface area (TPSA) is 61.9 Å². The zero-order valence-electron chi connectivity index (χ0n) is 13.0. The Morgan fingerprint density at radius 1 is 1.27 bits per heavy atom. The number of carbonyl (C=O) groups is 1. The van der Waals surface area contributed by atoms with Gasteiger partial charge in [-0.05, 0) is 44.6 Å². The van der Waals surface area contributed by atoms with Crippen molar-refractivity contribution in [3.8, 4) is 0 Å². The number of H-pyrrole nitrogens is 1. The molecular formula is C17H22N4O. The number of pyridine rings is 1. The fraction of sp³-hybridized carbons (Fsp3) is 0.588. The van der Waals surface area contributed by atoms with Crippen LogP contribution >= 0.6 is 0 Å². The molecule has 5 nitrogen and oxygen atoms in total. The molecule has 0 spiro atoms. The van der Waals surface area contributed by atoms with Crippen LogP contribution in [-0.2, 0) is 0 Å². The zero-order valence-corrected chi connectivity index (χ0v) is 13.0. The molecule has 4 rings (SSSR count). The van der Waals surface area contributed by atoms with Crippen molar-refractivity contribution < 1.29 is 4.79 Å². The molecule has 22 heavy (non-hydrogen) atoms. The standard InChI is InChI=1S/C17H22N4O/c1-11-14-9-13(10-18-16(14)20-19-11)17(22)21-8-4-6-12-5-2-3-7-15(12)21/h9-10,12,15H,2-8H2,1H3,(H,18,19,20)/t12-,15-/m0/s1. The highest BCUT2D eigenvalue weighted by Gasteiger charge is 2.36. The van der Waals surface area contributed by atoms with Crippen LogP contribution < -0.4 is 0 Å². The first-order chi connectivity index (χ1) is 10.7. The molecule has 0 radical (unpaired) electrons. The summed E-state index contributed by atoms with van der Waals surface area (Å²) in [6.45, 7) is 2.85. The van der Waals surface area contributed by atoms with Crippen LogP contribution in [0.4, 0.5) is 0 Å². The summed E-state index contributed by atoms with van der Waals surface area (Å²) in [5.41, 5.74) is 2.35. The minimum Gasteiger partial charge on any atom is -0.335 e. The molecule has 0 bridgehead atoms. The van der Waals surface area contributed by atoms with Gasteiger partial charge in [-0.3, -0.25) is 9.89 Å². The Bertz CT molecular complexity index is 706. The molecule has 1 amide bonds. The maximum atomic E-state index is 13.0. The Hall–Kier alpha value is -1.91. The fourth-order valence-electron chi connectivity index (χ4n) is 4.18. The van der Waals surface area contributed by atoms with E-state index in [0.29, 0.717) is 23.2 Å². The van der Waals surface area contributed by atoms with Crippen molar-refractivity contribution in [2.24, 2.45) is 5.92 Å². The van der Waals surface area contributed by atoms with E-state index in [-0.39, 0.29) is 5.91 Å². The molecule has 1 saturated heterocycles. The molecule has 2 aromatic rings. The third kappa shape index (κ3) is 2.19. The van der Waals surface area contributed by atoms with Crippen molar-refractivity contribution in [2.75, 3.05) is 6.54 Å². The van der Waals surface area contributed by atoms with E-state index >= 15 is 0 Å². The molecule has 0 aromatic carbocycles.